The molecule has 1 amide bonds. The molecule has 0 aromatic carbocycles. The van der Waals surface area contributed by atoms with Crippen LogP contribution in [0.1, 0.15) is 25.7 Å². The Hall–Kier alpha value is -0.650. The molecule has 1 saturated carbocycles. The lowest BCUT2D eigenvalue weighted by atomic mass is 9.92. The van der Waals surface area contributed by atoms with Crippen LogP contribution in [0.25, 0.3) is 0 Å². The van der Waals surface area contributed by atoms with Gasteiger partial charge < -0.3 is 21.1 Å². The first-order valence-corrected chi connectivity index (χ1v) is 5.97. The van der Waals surface area contributed by atoms with Crippen LogP contribution in [0.2, 0.25) is 0 Å². The fraction of sp³-hybridized carbons (Fsp3) is 0.909. The van der Waals surface area contributed by atoms with Gasteiger partial charge in [0.1, 0.15) is 0 Å². The van der Waals surface area contributed by atoms with E-state index in [0.29, 0.717) is 31.8 Å². The number of amides is 1. The lowest BCUT2D eigenvalue weighted by Gasteiger charge is -2.26. The molecule has 0 saturated heterocycles. The fourth-order valence-electron chi connectivity index (χ4n) is 1.92. The molecule has 1 aliphatic carbocycles. The van der Waals surface area contributed by atoms with E-state index < -0.39 is 0 Å². The molecule has 1 fully saturated rings. The number of carbonyl (C=O) groups is 1. The van der Waals surface area contributed by atoms with E-state index >= 15 is 0 Å². The zero-order valence-corrected chi connectivity index (χ0v) is 10.00. The van der Waals surface area contributed by atoms with Gasteiger partial charge in [-0.3, -0.25) is 4.79 Å². The van der Waals surface area contributed by atoms with E-state index in [1.807, 2.05) is 0 Å². The van der Waals surface area contributed by atoms with Gasteiger partial charge in [-0.15, -0.1) is 0 Å². The first-order valence-electron chi connectivity index (χ1n) is 5.97. The number of nitrogens with two attached hydrogens (primary N) is 1. The quantitative estimate of drug-likeness (QED) is 0.542. The molecule has 0 heterocycles. The standard InChI is InChI=1S/C11H23N3O2/c1-16-7-6-13-8-11(15)14-10-4-2-9(12)3-5-10/h9-10,13H,2-8,12H2,1H3,(H,14,15). The predicted molar refractivity (Wildman–Crippen MR) is 63.1 cm³/mol. The SMILES string of the molecule is COCCNCC(=O)NC1CCC(N)CC1. The summed E-state index contributed by atoms with van der Waals surface area (Å²) in [7, 11) is 1.65. The molecule has 0 radical (unpaired) electrons. The van der Waals surface area contributed by atoms with E-state index in [9.17, 15) is 4.79 Å². The monoisotopic (exact) mass is 229 g/mol. The summed E-state index contributed by atoms with van der Waals surface area (Å²) in [5.74, 6) is 0.0663. The van der Waals surface area contributed by atoms with E-state index in [1.165, 1.54) is 0 Å². The van der Waals surface area contributed by atoms with Crippen molar-refractivity contribution in [1.82, 2.24) is 10.6 Å². The van der Waals surface area contributed by atoms with Crippen LogP contribution in [0.5, 0.6) is 0 Å². The average Bonchev–Trinajstić information content (AvgIpc) is 2.28. The van der Waals surface area contributed by atoms with Crippen LogP contribution >= 0.6 is 0 Å². The molecule has 16 heavy (non-hydrogen) atoms. The lowest BCUT2D eigenvalue weighted by Crippen LogP contribution is -2.44. The third-order valence-corrected chi connectivity index (χ3v) is 2.91. The number of hydrogen-bond acceptors (Lipinski definition) is 4. The Morgan fingerprint density at radius 3 is 2.69 bits per heavy atom. The number of carbonyl (C=O) groups excluding carboxylic acids is 1. The summed E-state index contributed by atoms with van der Waals surface area (Å²) in [6.07, 6.45) is 4.04. The molecule has 0 bridgehead atoms. The Morgan fingerprint density at radius 1 is 1.38 bits per heavy atom. The maximum absolute atomic E-state index is 11.5. The van der Waals surface area contributed by atoms with Crippen molar-refractivity contribution >= 4 is 5.91 Å². The summed E-state index contributed by atoms with van der Waals surface area (Å²) in [5.41, 5.74) is 5.80. The van der Waals surface area contributed by atoms with E-state index in [-0.39, 0.29) is 5.91 Å². The molecule has 0 aromatic rings. The van der Waals surface area contributed by atoms with Crippen LogP contribution in [-0.4, -0.2) is 44.8 Å². The summed E-state index contributed by atoms with van der Waals surface area (Å²) in [6.45, 7) is 1.71. The van der Waals surface area contributed by atoms with E-state index in [1.54, 1.807) is 7.11 Å². The minimum absolute atomic E-state index is 0.0663. The van der Waals surface area contributed by atoms with Gasteiger partial charge in [0.2, 0.25) is 5.91 Å². The summed E-state index contributed by atoms with van der Waals surface area (Å²) >= 11 is 0. The molecule has 0 aromatic heterocycles. The summed E-state index contributed by atoms with van der Waals surface area (Å²) in [6, 6.07) is 0.643. The first-order chi connectivity index (χ1) is 7.72. The third-order valence-electron chi connectivity index (χ3n) is 2.91. The minimum atomic E-state index is 0.0663. The zero-order valence-electron chi connectivity index (χ0n) is 10.00. The van der Waals surface area contributed by atoms with Gasteiger partial charge in [-0.2, -0.15) is 0 Å². The van der Waals surface area contributed by atoms with Crippen LogP contribution in [-0.2, 0) is 9.53 Å². The van der Waals surface area contributed by atoms with Crippen molar-refractivity contribution in [3.8, 4) is 0 Å². The number of hydrogen-bond donors (Lipinski definition) is 3. The highest BCUT2D eigenvalue weighted by Crippen LogP contribution is 2.16. The highest BCUT2D eigenvalue weighted by atomic mass is 16.5. The molecule has 1 aliphatic rings. The number of methoxy groups -OCH3 is 1. The van der Waals surface area contributed by atoms with Gasteiger partial charge in [-0.1, -0.05) is 0 Å². The molecular weight excluding hydrogens is 206 g/mol. The lowest BCUT2D eigenvalue weighted by molar-refractivity contribution is -0.121. The molecule has 0 aliphatic heterocycles. The second-order valence-corrected chi connectivity index (χ2v) is 4.35. The maximum atomic E-state index is 11.5. The molecule has 1 rings (SSSR count). The van der Waals surface area contributed by atoms with Crippen molar-refractivity contribution < 1.29 is 9.53 Å². The summed E-state index contributed by atoms with van der Waals surface area (Å²) < 4.78 is 4.88. The van der Waals surface area contributed by atoms with Crippen LogP contribution in [0, 0.1) is 0 Å². The normalized spacial score (nSPS) is 25.4. The molecule has 5 heteroatoms. The zero-order chi connectivity index (χ0) is 11.8. The van der Waals surface area contributed by atoms with E-state index in [4.69, 9.17) is 10.5 Å². The number of ether oxygens (including phenoxy) is 1. The second-order valence-electron chi connectivity index (χ2n) is 4.35. The van der Waals surface area contributed by atoms with Crippen molar-refractivity contribution in [2.45, 2.75) is 37.8 Å². The predicted octanol–water partition coefficient (Wildman–Crippen LogP) is -0.391. The fourth-order valence-corrected chi connectivity index (χ4v) is 1.92. The highest BCUT2D eigenvalue weighted by molar-refractivity contribution is 5.78. The highest BCUT2D eigenvalue weighted by Gasteiger charge is 2.19. The average molecular weight is 229 g/mol. The van der Waals surface area contributed by atoms with Gasteiger partial charge >= 0.3 is 0 Å². The third kappa shape index (κ3) is 5.44. The smallest absolute Gasteiger partial charge is 0.234 e. The summed E-state index contributed by atoms with van der Waals surface area (Å²) in [5, 5.41) is 6.04. The van der Waals surface area contributed by atoms with Gasteiger partial charge in [0.25, 0.3) is 0 Å². The van der Waals surface area contributed by atoms with Crippen molar-refractivity contribution in [3.63, 3.8) is 0 Å². The van der Waals surface area contributed by atoms with Crippen molar-refractivity contribution in [2.24, 2.45) is 5.73 Å². The number of rotatable bonds is 6. The van der Waals surface area contributed by atoms with Crippen molar-refractivity contribution in [1.29, 1.82) is 0 Å². The number of nitrogens with one attached hydrogen (secondary N) is 2. The summed E-state index contributed by atoms with van der Waals surface area (Å²) in [4.78, 5) is 11.5. The molecule has 0 spiro atoms. The van der Waals surface area contributed by atoms with E-state index in [0.717, 1.165) is 25.7 Å². The largest absolute Gasteiger partial charge is 0.383 e. The topological polar surface area (TPSA) is 76.4 Å². The molecular formula is C11H23N3O2. The minimum Gasteiger partial charge on any atom is -0.383 e. The first kappa shape index (κ1) is 13.4. The maximum Gasteiger partial charge on any atom is 0.234 e. The van der Waals surface area contributed by atoms with Gasteiger partial charge in [0.15, 0.2) is 0 Å². The Balaban J connectivity index is 2.05. The van der Waals surface area contributed by atoms with Gasteiger partial charge in [-0.05, 0) is 25.7 Å². The van der Waals surface area contributed by atoms with Crippen molar-refractivity contribution in [2.75, 3.05) is 26.8 Å². The Morgan fingerprint density at radius 2 is 2.06 bits per heavy atom. The van der Waals surface area contributed by atoms with Crippen molar-refractivity contribution in [3.05, 3.63) is 0 Å². The molecule has 0 unspecified atom stereocenters. The van der Waals surface area contributed by atoms with Gasteiger partial charge in [0, 0.05) is 25.7 Å². The molecule has 0 atom stereocenters. The van der Waals surface area contributed by atoms with Gasteiger partial charge in [0.05, 0.1) is 13.2 Å². The van der Waals surface area contributed by atoms with Gasteiger partial charge in [-0.25, -0.2) is 0 Å². The van der Waals surface area contributed by atoms with E-state index in [2.05, 4.69) is 10.6 Å². The molecule has 94 valence electrons. The molecule has 4 N–H and O–H groups in total. The van der Waals surface area contributed by atoms with Crippen LogP contribution in [0.4, 0.5) is 0 Å². The second kappa shape index (κ2) is 7.60. The Bertz CT molecular complexity index is 203. The van der Waals surface area contributed by atoms with Crippen LogP contribution < -0.4 is 16.4 Å². The Kier molecular flexibility index (Phi) is 6.37. The molecule has 5 nitrogen and oxygen atoms in total. The van der Waals surface area contributed by atoms with Crippen LogP contribution in [0.3, 0.4) is 0 Å². The van der Waals surface area contributed by atoms with Crippen LogP contribution in [0.15, 0.2) is 0 Å². The Labute approximate surface area is 97.1 Å².